The van der Waals surface area contributed by atoms with Crippen LogP contribution in [-0.2, 0) is 0 Å². The third-order valence-corrected chi connectivity index (χ3v) is 6.76. The van der Waals surface area contributed by atoms with Crippen LogP contribution in [0.3, 0.4) is 0 Å². The summed E-state index contributed by atoms with van der Waals surface area (Å²) in [4.78, 5) is 27.0. The van der Waals surface area contributed by atoms with Crippen molar-refractivity contribution < 1.29 is 43.3 Å². The second-order valence-corrected chi connectivity index (χ2v) is 12.6. The largest absolute Gasteiger partial charge is 0.907 e. The Morgan fingerprint density at radius 2 is 0.691 bits per heavy atom. The number of nitrogens with zero attached hydrogens (tertiary/aromatic N) is 15. The lowest BCUT2D eigenvalue weighted by Gasteiger charge is -2.35. The second kappa shape index (κ2) is 20.2. The maximum atomic E-state index is 8.42. The molecule has 6 aromatic rings. The molecule has 6 rings (SSSR count). The molecule has 3 aromatic heterocycles. The zero-order valence-electron chi connectivity index (χ0n) is 33.2. The van der Waals surface area contributed by atoms with E-state index in [2.05, 4.69) is 30.9 Å². The van der Waals surface area contributed by atoms with Crippen molar-refractivity contribution in [2.24, 2.45) is 0 Å². The van der Waals surface area contributed by atoms with Crippen molar-refractivity contribution >= 4 is 58.5 Å². The van der Waals surface area contributed by atoms with E-state index in [-0.39, 0.29) is 0 Å². The standard InChI is InChI=1S/3C11H16N5O.BO3/c3*1-14(2)11(15(3)4)17-16-10-8-6-5-7-9(10)12-13-16;2-1(3)4/h3*5-8H,1-4H3;/q3*+1;-3. The fraction of sp³-hybridized carbons (Fsp3) is 0.364. The van der Waals surface area contributed by atoms with Gasteiger partial charge in [-0.25, -0.2) is 28.4 Å². The van der Waals surface area contributed by atoms with E-state index >= 15 is 0 Å². The zero-order valence-corrected chi connectivity index (χ0v) is 33.2. The lowest BCUT2D eigenvalue weighted by atomic mass is 10.3. The van der Waals surface area contributed by atoms with Gasteiger partial charge < -0.3 is 15.1 Å². The van der Waals surface area contributed by atoms with Gasteiger partial charge in [-0.1, -0.05) is 50.9 Å². The molecule has 3 heterocycles. The van der Waals surface area contributed by atoms with E-state index in [0.717, 1.165) is 33.1 Å². The number of fused-ring (bicyclic) bond motifs is 3. The Labute approximate surface area is 319 Å². The average molecular weight is 762 g/mol. The van der Waals surface area contributed by atoms with Crippen molar-refractivity contribution in [1.82, 2.24) is 60.2 Å². The molecule has 0 atom stereocenters. The van der Waals surface area contributed by atoms with Crippen LogP contribution in [0.1, 0.15) is 0 Å². The molecular weight excluding hydrogens is 713 g/mol. The number of benzene rings is 3. The molecule has 0 amide bonds. The molecule has 0 unspecified atom stereocenters. The van der Waals surface area contributed by atoms with Crippen LogP contribution in [0, 0.1) is 0 Å². The van der Waals surface area contributed by atoms with E-state index in [1.54, 1.807) is 0 Å². The monoisotopic (exact) mass is 761 g/mol. The summed E-state index contributed by atoms with van der Waals surface area (Å²) in [7, 11) is 20.0. The van der Waals surface area contributed by atoms with Crippen molar-refractivity contribution in [3.63, 3.8) is 0 Å². The molecule has 0 saturated carbocycles. The van der Waals surface area contributed by atoms with E-state index < -0.39 is 7.32 Å². The molecule has 21 nitrogen and oxygen atoms in total. The van der Waals surface area contributed by atoms with Crippen LogP contribution in [0.4, 0.5) is 0 Å². The predicted molar refractivity (Wildman–Crippen MR) is 200 cm³/mol. The van der Waals surface area contributed by atoms with Crippen molar-refractivity contribution in [2.45, 2.75) is 0 Å². The van der Waals surface area contributed by atoms with Crippen LogP contribution in [0.25, 0.3) is 33.1 Å². The van der Waals surface area contributed by atoms with Gasteiger partial charge in [-0.15, -0.1) is 15.3 Å². The average Bonchev–Trinajstić information content (AvgIpc) is 3.85. The smallest absolute Gasteiger partial charge is 0.471 e. The minimum atomic E-state index is -2.92. The molecule has 0 aliphatic rings. The summed E-state index contributed by atoms with van der Waals surface area (Å²) >= 11 is 0. The Morgan fingerprint density at radius 3 is 0.891 bits per heavy atom. The molecule has 0 fully saturated rings. The molecule has 22 heteroatoms. The first kappa shape index (κ1) is 43.0. The quantitative estimate of drug-likeness (QED) is 0.0734. The lowest BCUT2D eigenvalue weighted by Crippen LogP contribution is -2.56. The highest BCUT2D eigenvalue weighted by Crippen LogP contribution is 2.10. The molecule has 294 valence electrons. The molecule has 0 N–H and O–H groups in total. The van der Waals surface area contributed by atoms with Gasteiger partial charge in [0.25, 0.3) is 0 Å². The maximum absolute atomic E-state index is 8.42. The Bertz CT molecular complexity index is 1970. The summed E-state index contributed by atoms with van der Waals surface area (Å²) in [5, 5.41) is 49.2. The molecule has 0 spiro atoms. The van der Waals surface area contributed by atoms with Gasteiger partial charge in [-0.2, -0.15) is 0 Å². The Morgan fingerprint density at radius 1 is 0.473 bits per heavy atom. The third kappa shape index (κ3) is 12.3. The Balaban J connectivity index is 0.000000211. The van der Waals surface area contributed by atoms with Crippen LogP contribution in [-0.4, -0.2) is 184 Å². The third-order valence-electron chi connectivity index (χ3n) is 6.76. The van der Waals surface area contributed by atoms with Gasteiger partial charge in [0.15, 0.2) is 0 Å². The first-order valence-corrected chi connectivity index (χ1v) is 16.6. The van der Waals surface area contributed by atoms with Gasteiger partial charge in [-0.05, 0) is 52.0 Å². The van der Waals surface area contributed by atoms with Crippen molar-refractivity contribution in [3.05, 3.63) is 72.8 Å². The fourth-order valence-corrected chi connectivity index (χ4v) is 4.67. The van der Waals surface area contributed by atoms with Crippen molar-refractivity contribution in [1.29, 1.82) is 0 Å². The number of hydrogen-bond donors (Lipinski definition) is 0. The summed E-state index contributed by atoms with van der Waals surface area (Å²) in [6.45, 7) is 0. The van der Waals surface area contributed by atoms with Crippen molar-refractivity contribution in [2.75, 3.05) is 84.6 Å². The van der Waals surface area contributed by atoms with Gasteiger partial charge >= 0.3 is 18.1 Å². The molecule has 0 aliphatic carbocycles. The fourth-order valence-electron chi connectivity index (χ4n) is 4.67. The van der Waals surface area contributed by atoms with E-state index in [9.17, 15) is 0 Å². The number of hydrogen-bond acceptors (Lipinski definition) is 12. The van der Waals surface area contributed by atoms with Crippen LogP contribution in [0.15, 0.2) is 72.8 Å². The van der Waals surface area contributed by atoms with E-state index in [1.165, 1.54) is 14.5 Å². The first-order chi connectivity index (χ1) is 26.0. The number of rotatable bonds is 3. The Kier molecular flexibility index (Phi) is 15.8. The van der Waals surface area contributed by atoms with Gasteiger partial charge in [-0.3, -0.25) is 21.8 Å². The maximum Gasteiger partial charge on any atom is 0.471 e. The van der Waals surface area contributed by atoms with Crippen LogP contribution in [0.5, 0.6) is 0 Å². The van der Waals surface area contributed by atoms with Crippen LogP contribution >= 0.6 is 0 Å². The summed E-state index contributed by atoms with van der Waals surface area (Å²) in [5.41, 5.74) is 4.95. The topological polar surface area (TPSA) is 208 Å². The van der Waals surface area contributed by atoms with Gasteiger partial charge in [0, 0.05) is 0 Å². The van der Waals surface area contributed by atoms with Gasteiger partial charge in [0.2, 0.25) is 0 Å². The molecule has 3 aromatic carbocycles. The SMILES string of the molecule is CN(C)C(On1nnc2ccccc21)=[N+](C)C.CN(C)C(On1nnc2ccccc21)=[N+](C)C.CN(C)C(On1nnc2ccccc21)=[N+](C)C.[O-]B([O-])[O-]. The minimum absolute atomic E-state index is 0.681. The molecule has 0 aliphatic heterocycles. The van der Waals surface area contributed by atoms with Gasteiger partial charge in [0.1, 0.15) is 33.1 Å². The molecule has 0 radical (unpaired) electrons. The predicted octanol–water partition coefficient (Wildman–Crippen LogP) is -3.80. The van der Waals surface area contributed by atoms with E-state index in [0.29, 0.717) is 18.1 Å². The highest BCUT2D eigenvalue weighted by atomic mass is 16.7. The van der Waals surface area contributed by atoms with Crippen LogP contribution < -0.4 is 29.6 Å². The first-order valence-electron chi connectivity index (χ1n) is 16.6. The summed E-state index contributed by atoms with van der Waals surface area (Å²) in [5.74, 6) is 0. The lowest BCUT2D eigenvalue weighted by molar-refractivity contribution is -0.480. The highest BCUT2D eigenvalue weighted by molar-refractivity contribution is 6.24. The number of para-hydroxylation sites is 3. The van der Waals surface area contributed by atoms with Crippen LogP contribution in [0.2, 0.25) is 0 Å². The number of aromatic nitrogens is 9. The summed E-state index contributed by atoms with van der Waals surface area (Å²) < 4.78 is 5.61. The Hall–Kier alpha value is -6.39. The zero-order chi connectivity index (χ0) is 40.8. The minimum Gasteiger partial charge on any atom is -0.907 e. The molecular formula is C33H48BN15O6. The van der Waals surface area contributed by atoms with Gasteiger partial charge in [0.05, 0.1) is 84.6 Å². The summed E-state index contributed by atoms with van der Waals surface area (Å²) in [6.07, 6.45) is 0. The molecule has 0 saturated heterocycles. The molecule has 0 bridgehead atoms. The molecule has 55 heavy (non-hydrogen) atoms. The van der Waals surface area contributed by atoms with E-state index in [4.69, 9.17) is 29.6 Å². The van der Waals surface area contributed by atoms with E-state index in [1.807, 2.05) is 186 Å². The normalized spacial score (nSPS) is 10.1. The highest BCUT2D eigenvalue weighted by Gasteiger charge is 2.19. The van der Waals surface area contributed by atoms with Crippen molar-refractivity contribution in [3.8, 4) is 0 Å². The second-order valence-electron chi connectivity index (χ2n) is 12.6. The number of amidine groups is 3. The summed E-state index contributed by atoms with van der Waals surface area (Å²) in [6, 6.07) is 25.0.